The Morgan fingerprint density at radius 3 is 2.29 bits per heavy atom. The number of pyridine rings is 1. The Labute approximate surface area is 192 Å². The summed E-state index contributed by atoms with van der Waals surface area (Å²) >= 11 is 0. The summed E-state index contributed by atoms with van der Waals surface area (Å²) in [7, 11) is 0. The molecule has 9 heteroatoms. The van der Waals surface area contributed by atoms with Gasteiger partial charge in [0.25, 0.3) is 0 Å². The van der Waals surface area contributed by atoms with Gasteiger partial charge < -0.3 is 14.8 Å². The lowest BCUT2D eigenvalue weighted by Gasteiger charge is -2.14. The largest absolute Gasteiger partial charge is 0.424 e. The lowest BCUT2D eigenvalue weighted by atomic mass is 10.1. The molecule has 3 aromatic carbocycles. The van der Waals surface area contributed by atoms with Gasteiger partial charge in [-0.2, -0.15) is 13.2 Å². The number of anilines is 2. The number of nitrogens with zero attached hydrogens (tertiary/aromatic N) is 1. The summed E-state index contributed by atoms with van der Waals surface area (Å²) in [4.78, 5) is 28.6. The molecule has 0 saturated carbocycles. The number of benzene rings is 3. The van der Waals surface area contributed by atoms with Gasteiger partial charge in [-0.05, 0) is 42.5 Å². The number of carbonyl (C=O) groups excluding carboxylic acids is 2. The van der Waals surface area contributed by atoms with Gasteiger partial charge in [0.05, 0.1) is 27.9 Å². The molecule has 0 aliphatic rings. The summed E-state index contributed by atoms with van der Waals surface area (Å²) in [5.41, 5.74) is 0.615. The summed E-state index contributed by atoms with van der Waals surface area (Å²) in [5, 5.41) is 3.49. The molecule has 6 nitrogen and oxygen atoms in total. The van der Waals surface area contributed by atoms with Gasteiger partial charge in [-0.25, -0.2) is 9.59 Å². The summed E-state index contributed by atoms with van der Waals surface area (Å²) in [5.74, 6) is -1.39. The van der Waals surface area contributed by atoms with E-state index in [0.717, 1.165) is 12.1 Å². The second-order valence-electron chi connectivity index (χ2n) is 7.11. The zero-order valence-corrected chi connectivity index (χ0v) is 17.5. The van der Waals surface area contributed by atoms with Crippen molar-refractivity contribution >= 4 is 34.2 Å². The third kappa shape index (κ3) is 5.15. The smallest absolute Gasteiger partial charge is 0.416 e. The van der Waals surface area contributed by atoms with Gasteiger partial charge >= 0.3 is 18.1 Å². The van der Waals surface area contributed by atoms with E-state index in [1.54, 1.807) is 54.6 Å². The van der Waals surface area contributed by atoms with E-state index in [1.807, 2.05) is 0 Å². The Kier molecular flexibility index (Phi) is 6.44. The normalized spacial score (nSPS) is 11.1. The van der Waals surface area contributed by atoms with Crippen LogP contribution in [0.15, 0.2) is 85.1 Å². The number of para-hydroxylation sites is 1. The number of esters is 2. The van der Waals surface area contributed by atoms with Crippen LogP contribution in [0.25, 0.3) is 10.9 Å². The predicted octanol–water partition coefficient (Wildman–Crippen LogP) is 5.97. The average molecular weight is 466 g/mol. The van der Waals surface area contributed by atoms with E-state index in [-0.39, 0.29) is 11.1 Å². The van der Waals surface area contributed by atoms with Gasteiger partial charge in [0, 0.05) is 17.3 Å². The summed E-state index contributed by atoms with van der Waals surface area (Å²) in [6, 6.07) is 19.5. The highest BCUT2D eigenvalue weighted by molar-refractivity contribution is 5.99. The molecule has 0 atom stereocenters. The van der Waals surface area contributed by atoms with Crippen LogP contribution in [0, 0.1) is 0 Å². The third-order valence-corrected chi connectivity index (χ3v) is 4.88. The Balaban J connectivity index is 1.50. The van der Waals surface area contributed by atoms with Gasteiger partial charge in [-0.1, -0.05) is 36.4 Å². The van der Waals surface area contributed by atoms with Gasteiger partial charge in [-0.3, -0.25) is 4.98 Å². The number of alkyl halides is 3. The van der Waals surface area contributed by atoms with E-state index in [4.69, 9.17) is 9.47 Å². The standard InChI is InChI=1S/C25H17F3N2O4/c26-25(27,28)17-10-11-18-21(12-13-29-22(18)14-17)30-20-9-5-4-8-19(20)24(32)34-15-33-23(31)16-6-2-1-3-7-16/h1-14H,15H2,(H,29,30). The van der Waals surface area contributed by atoms with Crippen LogP contribution in [-0.2, 0) is 15.7 Å². The fourth-order valence-corrected chi connectivity index (χ4v) is 3.22. The number of fused-ring (bicyclic) bond motifs is 1. The molecule has 0 fully saturated rings. The van der Waals surface area contributed by atoms with Crippen LogP contribution < -0.4 is 5.32 Å². The molecule has 1 N–H and O–H groups in total. The molecule has 172 valence electrons. The highest BCUT2D eigenvalue weighted by Crippen LogP contribution is 2.33. The van der Waals surface area contributed by atoms with Crippen LogP contribution in [-0.4, -0.2) is 23.7 Å². The number of aromatic nitrogens is 1. The van der Waals surface area contributed by atoms with Crippen molar-refractivity contribution in [3.63, 3.8) is 0 Å². The van der Waals surface area contributed by atoms with E-state index < -0.39 is 30.5 Å². The van der Waals surface area contributed by atoms with E-state index in [1.165, 1.54) is 18.3 Å². The number of hydrogen-bond acceptors (Lipinski definition) is 6. The molecule has 1 heterocycles. The second-order valence-corrected chi connectivity index (χ2v) is 7.11. The molecule has 0 unspecified atom stereocenters. The molecule has 0 bridgehead atoms. The lowest BCUT2D eigenvalue weighted by molar-refractivity contribution is -0.137. The quantitative estimate of drug-likeness (QED) is 0.279. The van der Waals surface area contributed by atoms with Crippen molar-refractivity contribution in [2.24, 2.45) is 0 Å². The van der Waals surface area contributed by atoms with Crippen molar-refractivity contribution in [3.05, 3.63) is 102 Å². The van der Waals surface area contributed by atoms with Crippen molar-refractivity contribution in [1.29, 1.82) is 0 Å². The number of halogens is 3. The molecule has 0 saturated heterocycles. The van der Waals surface area contributed by atoms with Gasteiger partial charge in [0.15, 0.2) is 0 Å². The molecule has 4 rings (SSSR count). The minimum atomic E-state index is -4.49. The van der Waals surface area contributed by atoms with Gasteiger partial charge in [0.1, 0.15) is 0 Å². The van der Waals surface area contributed by atoms with Gasteiger partial charge in [0.2, 0.25) is 6.79 Å². The average Bonchev–Trinajstić information content (AvgIpc) is 2.84. The number of rotatable bonds is 6. The maximum atomic E-state index is 13.0. The Morgan fingerprint density at radius 2 is 1.53 bits per heavy atom. The third-order valence-electron chi connectivity index (χ3n) is 4.88. The van der Waals surface area contributed by atoms with Crippen molar-refractivity contribution in [3.8, 4) is 0 Å². The summed E-state index contributed by atoms with van der Waals surface area (Å²) < 4.78 is 49.1. The zero-order valence-electron chi connectivity index (χ0n) is 17.5. The Morgan fingerprint density at radius 1 is 0.824 bits per heavy atom. The molecule has 0 aliphatic carbocycles. The molecule has 0 aliphatic heterocycles. The first kappa shape index (κ1) is 22.8. The maximum absolute atomic E-state index is 13.0. The Hall–Kier alpha value is -4.40. The zero-order chi connectivity index (χ0) is 24.1. The predicted molar refractivity (Wildman–Crippen MR) is 119 cm³/mol. The van der Waals surface area contributed by atoms with Crippen LogP contribution in [0.3, 0.4) is 0 Å². The van der Waals surface area contributed by atoms with Crippen LogP contribution in [0.1, 0.15) is 26.3 Å². The first-order valence-electron chi connectivity index (χ1n) is 10.0. The number of ether oxygens (including phenoxy) is 2. The molecular formula is C25H17F3N2O4. The maximum Gasteiger partial charge on any atom is 0.416 e. The Bertz CT molecular complexity index is 1340. The molecule has 0 amide bonds. The number of hydrogen-bond donors (Lipinski definition) is 1. The SMILES string of the molecule is O=C(OCOC(=O)c1ccccc1Nc1ccnc2cc(C(F)(F)F)ccc12)c1ccccc1. The molecule has 0 spiro atoms. The highest BCUT2D eigenvalue weighted by atomic mass is 19.4. The minimum absolute atomic E-state index is 0.146. The first-order chi connectivity index (χ1) is 16.3. The van der Waals surface area contributed by atoms with E-state index in [0.29, 0.717) is 22.3 Å². The summed E-state index contributed by atoms with van der Waals surface area (Å²) in [6.45, 7) is -0.584. The van der Waals surface area contributed by atoms with Crippen LogP contribution in [0.2, 0.25) is 0 Å². The molecule has 0 radical (unpaired) electrons. The molecule has 4 aromatic rings. The number of carbonyl (C=O) groups is 2. The van der Waals surface area contributed by atoms with Crippen LogP contribution >= 0.6 is 0 Å². The fraction of sp³-hybridized carbons (Fsp3) is 0.0800. The van der Waals surface area contributed by atoms with Crippen molar-refractivity contribution in [2.45, 2.75) is 6.18 Å². The monoisotopic (exact) mass is 466 g/mol. The topological polar surface area (TPSA) is 77.5 Å². The van der Waals surface area contributed by atoms with Crippen molar-refractivity contribution in [2.75, 3.05) is 12.1 Å². The van der Waals surface area contributed by atoms with E-state index in [9.17, 15) is 22.8 Å². The van der Waals surface area contributed by atoms with Crippen LogP contribution in [0.5, 0.6) is 0 Å². The van der Waals surface area contributed by atoms with Crippen molar-refractivity contribution in [1.82, 2.24) is 4.98 Å². The second kappa shape index (κ2) is 9.62. The molecular weight excluding hydrogens is 449 g/mol. The van der Waals surface area contributed by atoms with Gasteiger partial charge in [-0.15, -0.1) is 0 Å². The van der Waals surface area contributed by atoms with Crippen molar-refractivity contribution < 1.29 is 32.2 Å². The first-order valence-corrected chi connectivity index (χ1v) is 10.0. The highest BCUT2D eigenvalue weighted by Gasteiger charge is 2.30. The number of nitrogens with one attached hydrogen (secondary N) is 1. The van der Waals surface area contributed by atoms with E-state index in [2.05, 4.69) is 10.3 Å². The molecule has 34 heavy (non-hydrogen) atoms. The summed E-state index contributed by atoms with van der Waals surface area (Å²) in [6.07, 6.45) is -3.12. The lowest BCUT2D eigenvalue weighted by Crippen LogP contribution is -2.14. The van der Waals surface area contributed by atoms with Crippen LogP contribution in [0.4, 0.5) is 24.5 Å². The minimum Gasteiger partial charge on any atom is -0.424 e. The van der Waals surface area contributed by atoms with E-state index >= 15 is 0 Å². The molecule has 1 aromatic heterocycles. The fourth-order valence-electron chi connectivity index (χ4n) is 3.22.